The average molecular weight is 1470 g/mol. The molecule has 3 fully saturated rings. The molecule has 3 aliphatic rings. The number of rotatable bonds is 67. The van der Waals surface area contributed by atoms with Gasteiger partial charge in [-0.2, -0.15) is 0 Å². The fraction of sp³-hybridized carbons (Fsp3) is 0.869. The van der Waals surface area contributed by atoms with E-state index in [9.17, 15) is 61.0 Å². The fourth-order valence-electron chi connectivity index (χ4n) is 14.0. The van der Waals surface area contributed by atoms with E-state index in [1.54, 1.807) is 6.08 Å². The van der Waals surface area contributed by atoms with Gasteiger partial charge in [-0.25, -0.2) is 0 Å². The van der Waals surface area contributed by atoms with Gasteiger partial charge in [-0.15, -0.1) is 0 Å². The predicted molar refractivity (Wildman–Crippen MR) is 411 cm³/mol. The van der Waals surface area contributed by atoms with Crippen LogP contribution in [0.15, 0.2) is 60.8 Å². The summed E-state index contributed by atoms with van der Waals surface area (Å²) in [6, 6.07) is -0.999. The van der Waals surface area contributed by atoms with Gasteiger partial charge >= 0.3 is 0 Å². The number of unbranched alkanes of at least 4 members (excludes halogenated alkanes) is 43. The Morgan fingerprint density at radius 2 is 0.650 bits per heavy atom. The van der Waals surface area contributed by atoms with Crippen LogP contribution in [0, 0.1) is 0 Å². The first-order chi connectivity index (χ1) is 50.3. The van der Waals surface area contributed by atoms with Crippen molar-refractivity contribution in [2.75, 3.05) is 26.4 Å². The van der Waals surface area contributed by atoms with E-state index in [0.29, 0.717) is 12.8 Å². The first-order valence-electron chi connectivity index (χ1n) is 42.0. The summed E-state index contributed by atoms with van der Waals surface area (Å²) in [5, 5.41) is 121. The minimum atomic E-state index is -1.98. The van der Waals surface area contributed by atoms with Gasteiger partial charge in [0.15, 0.2) is 18.9 Å². The van der Waals surface area contributed by atoms with Crippen LogP contribution in [0.25, 0.3) is 0 Å². The summed E-state index contributed by atoms with van der Waals surface area (Å²) in [5.41, 5.74) is 0. The van der Waals surface area contributed by atoms with Crippen LogP contribution in [0.4, 0.5) is 0 Å². The minimum absolute atomic E-state index is 0.234. The lowest BCUT2D eigenvalue weighted by atomic mass is 9.96. The molecule has 0 spiro atoms. The summed E-state index contributed by atoms with van der Waals surface area (Å²) in [6.45, 7) is 1.74. The summed E-state index contributed by atoms with van der Waals surface area (Å²) in [7, 11) is 0. The number of ether oxygens (including phenoxy) is 6. The molecule has 0 radical (unpaired) electrons. The molecule has 0 aliphatic carbocycles. The summed E-state index contributed by atoms with van der Waals surface area (Å²) >= 11 is 0. The van der Waals surface area contributed by atoms with E-state index in [4.69, 9.17) is 28.4 Å². The van der Waals surface area contributed by atoms with Gasteiger partial charge in [-0.05, 0) is 77.0 Å². The molecular weight excluding hydrogens is 1310 g/mol. The molecule has 17 unspecified atom stereocenters. The Balaban J connectivity index is 1.36. The Kier molecular flexibility index (Phi) is 59.1. The van der Waals surface area contributed by atoms with E-state index in [1.165, 1.54) is 250 Å². The first kappa shape index (κ1) is 94.7. The van der Waals surface area contributed by atoms with Crippen molar-refractivity contribution in [3.63, 3.8) is 0 Å². The molecule has 3 rings (SSSR count). The van der Waals surface area contributed by atoms with Crippen LogP contribution < -0.4 is 5.32 Å². The van der Waals surface area contributed by atoms with Crippen LogP contribution in [-0.4, -0.2) is 193 Å². The predicted octanol–water partition coefficient (Wildman–Crippen LogP) is 14.6. The summed E-state index contributed by atoms with van der Waals surface area (Å²) in [6.07, 6.45) is 56.5. The number of allylic oxidation sites excluding steroid dienone is 9. The third-order valence-corrected chi connectivity index (χ3v) is 20.8. The van der Waals surface area contributed by atoms with Gasteiger partial charge < -0.3 is 89.9 Å². The Labute approximate surface area is 624 Å². The molecule has 17 atom stereocenters. The maximum atomic E-state index is 13.5. The molecule has 602 valence electrons. The Morgan fingerprint density at radius 3 is 1.03 bits per heavy atom. The van der Waals surface area contributed by atoms with Crippen molar-refractivity contribution >= 4 is 5.91 Å². The number of nitrogens with one attached hydrogen (secondary N) is 1. The molecule has 0 aromatic heterocycles. The number of aliphatic hydroxyl groups is 11. The van der Waals surface area contributed by atoms with Crippen molar-refractivity contribution in [3.8, 4) is 0 Å². The largest absolute Gasteiger partial charge is 0.394 e. The monoisotopic (exact) mass is 1460 g/mol. The zero-order chi connectivity index (χ0) is 74.6. The standard InChI is InChI=1S/C84H153NO18/c1-3-5-7-9-11-13-15-17-19-21-23-25-27-29-30-31-32-33-34-35-36-38-40-42-44-46-48-50-52-54-56-58-60-62-72(90)85-67(68(89)61-59-57-55-53-51-49-47-45-43-41-39-37-28-26-24-22-20-18-16-14-12-10-8-6-4-2)66-98-82-78(96)75(93)80(70(64-87)100-82)103-84-79(97)76(94)81(71(65-88)101-84)102-83-77(95)74(92)73(91)69(63-86)99-83/h15,17,21,23,43,45,51,53,59,61,67-71,73-84,86-89,91-97H,3-14,16,18-20,22,24-42,44,46-50,52,54-58,60,62-66H2,1-2H3,(H,85,90)/b17-15-,23-21-,45-43+,53-51+,61-59+. The zero-order valence-electron chi connectivity index (χ0n) is 64.5. The van der Waals surface area contributed by atoms with Crippen molar-refractivity contribution in [2.45, 2.75) is 439 Å². The van der Waals surface area contributed by atoms with Crippen LogP contribution in [0.2, 0.25) is 0 Å². The van der Waals surface area contributed by atoms with Gasteiger partial charge in [0, 0.05) is 6.42 Å². The number of hydrogen-bond donors (Lipinski definition) is 12. The van der Waals surface area contributed by atoms with Gasteiger partial charge in [0.25, 0.3) is 0 Å². The van der Waals surface area contributed by atoms with Gasteiger partial charge in [0.05, 0.1) is 38.6 Å². The molecule has 12 N–H and O–H groups in total. The number of carbonyl (C=O) groups is 1. The topological polar surface area (TPSA) is 307 Å². The van der Waals surface area contributed by atoms with Crippen LogP contribution in [-0.2, 0) is 33.2 Å². The molecular formula is C84H153NO18. The fourth-order valence-corrected chi connectivity index (χ4v) is 14.0. The van der Waals surface area contributed by atoms with Crippen molar-refractivity contribution in [1.82, 2.24) is 5.32 Å². The highest BCUT2D eigenvalue weighted by Crippen LogP contribution is 2.33. The number of amides is 1. The Hall–Kier alpha value is -2.51. The second-order valence-corrected chi connectivity index (χ2v) is 29.9. The van der Waals surface area contributed by atoms with Gasteiger partial charge in [0.1, 0.15) is 73.2 Å². The first-order valence-corrected chi connectivity index (χ1v) is 42.0. The average Bonchev–Trinajstić information content (AvgIpc) is 0.781. The van der Waals surface area contributed by atoms with Crippen molar-refractivity contribution < 1.29 is 89.4 Å². The second-order valence-electron chi connectivity index (χ2n) is 29.9. The van der Waals surface area contributed by atoms with Crippen LogP contribution >= 0.6 is 0 Å². The molecule has 0 aromatic rings. The number of hydrogen-bond acceptors (Lipinski definition) is 18. The molecule has 19 heteroatoms. The summed E-state index contributed by atoms with van der Waals surface area (Å²) in [4.78, 5) is 13.5. The van der Waals surface area contributed by atoms with Crippen LogP contribution in [0.3, 0.4) is 0 Å². The van der Waals surface area contributed by atoms with Gasteiger partial charge in [0.2, 0.25) is 5.91 Å². The molecule has 19 nitrogen and oxygen atoms in total. The molecule has 0 aromatic carbocycles. The van der Waals surface area contributed by atoms with Gasteiger partial charge in [-0.3, -0.25) is 4.79 Å². The lowest BCUT2D eigenvalue weighted by Crippen LogP contribution is -2.66. The highest BCUT2D eigenvalue weighted by molar-refractivity contribution is 5.76. The third-order valence-electron chi connectivity index (χ3n) is 20.8. The molecule has 3 aliphatic heterocycles. The zero-order valence-corrected chi connectivity index (χ0v) is 64.5. The van der Waals surface area contributed by atoms with Crippen molar-refractivity contribution in [1.29, 1.82) is 0 Å². The normalized spacial score (nSPS) is 26.3. The van der Waals surface area contributed by atoms with Crippen molar-refractivity contribution in [3.05, 3.63) is 60.8 Å². The van der Waals surface area contributed by atoms with Gasteiger partial charge in [-0.1, -0.05) is 312 Å². The molecule has 0 bridgehead atoms. The molecule has 3 saturated heterocycles. The molecule has 3 heterocycles. The van der Waals surface area contributed by atoms with E-state index in [2.05, 4.69) is 67.8 Å². The maximum Gasteiger partial charge on any atom is 0.220 e. The highest BCUT2D eigenvalue weighted by Gasteiger charge is 2.54. The summed E-state index contributed by atoms with van der Waals surface area (Å²) < 4.78 is 34.4. The molecule has 103 heavy (non-hydrogen) atoms. The van der Waals surface area contributed by atoms with E-state index in [1.807, 2.05) is 6.08 Å². The van der Waals surface area contributed by atoms with Crippen molar-refractivity contribution in [2.24, 2.45) is 0 Å². The maximum absolute atomic E-state index is 13.5. The van der Waals surface area contributed by atoms with E-state index in [0.717, 1.165) is 51.4 Å². The molecule has 1 amide bonds. The van der Waals surface area contributed by atoms with Crippen LogP contribution in [0.5, 0.6) is 0 Å². The number of aliphatic hydroxyl groups excluding tert-OH is 11. The Bertz CT molecular complexity index is 2090. The minimum Gasteiger partial charge on any atom is -0.394 e. The third kappa shape index (κ3) is 44.1. The quantitative estimate of drug-likeness (QED) is 0.0199. The van der Waals surface area contributed by atoms with Crippen LogP contribution in [0.1, 0.15) is 335 Å². The lowest BCUT2D eigenvalue weighted by molar-refractivity contribution is -0.379. The second kappa shape index (κ2) is 64.3. The van der Waals surface area contributed by atoms with E-state index >= 15 is 0 Å². The van der Waals surface area contributed by atoms with E-state index < -0.39 is 124 Å². The van der Waals surface area contributed by atoms with E-state index in [-0.39, 0.29) is 18.9 Å². The lowest BCUT2D eigenvalue weighted by Gasteiger charge is -2.48. The highest BCUT2D eigenvalue weighted by atomic mass is 16.8. The smallest absolute Gasteiger partial charge is 0.220 e. The summed E-state index contributed by atoms with van der Waals surface area (Å²) in [5.74, 6) is -0.285. The SMILES string of the molecule is CCCCCCC/C=C\C/C=C\CCCCCCCCCCCCCCCCCCCCCCCC(=O)NC(COC1OC(CO)C(OC2OC(CO)C(OC3OC(CO)C(O)C(O)C3O)C(O)C2O)C(O)C1O)C(O)/C=C/CC/C=C/CC/C=C/CCCCCCCCCCCCCCCCC. The Morgan fingerprint density at radius 1 is 0.350 bits per heavy atom. The number of carbonyl (C=O) groups excluding carboxylic acids is 1. The molecule has 0 saturated carbocycles.